The molecular weight excluding hydrogens is 322 g/mol. The predicted molar refractivity (Wildman–Crippen MR) is 73.4 cm³/mol. The molecule has 0 heterocycles. The van der Waals surface area contributed by atoms with Crippen LogP contribution in [0.5, 0.6) is 5.75 Å². The third-order valence-corrected chi connectivity index (χ3v) is 3.69. The highest BCUT2D eigenvalue weighted by Crippen LogP contribution is 2.30. The van der Waals surface area contributed by atoms with Gasteiger partial charge in [0.05, 0.1) is 9.82 Å². The molecule has 0 amide bonds. The summed E-state index contributed by atoms with van der Waals surface area (Å²) in [5.41, 5.74) is -0.509. The highest BCUT2D eigenvalue weighted by Gasteiger charge is 2.21. The summed E-state index contributed by atoms with van der Waals surface area (Å²) in [6.45, 7) is 0. The summed E-state index contributed by atoms with van der Waals surface area (Å²) < 4.78 is 28.0. The van der Waals surface area contributed by atoms with E-state index >= 15 is 0 Å². The van der Waals surface area contributed by atoms with E-state index in [1.807, 2.05) is 0 Å². The molecule has 0 fully saturated rings. The summed E-state index contributed by atoms with van der Waals surface area (Å²) >= 11 is 5.63. The lowest BCUT2D eigenvalue weighted by atomic mass is 10.3. The Morgan fingerprint density at radius 1 is 1.10 bits per heavy atom. The van der Waals surface area contributed by atoms with E-state index in [4.69, 9.17) is 11.6 Å². The van der Waals surface area contributed by atoms with Gasteiger partial charge in [0.2, 0.25) is 5.75 Å². The van der Waals surface area contributed by atoms with E-state index < -0.39 is 20.7 Å². The first-order valence-corrected chi connectivity index (χ1v) is 7.29. The van der Waals surface area contributed by atoms with Crippen LogP contribution in [0.25, 0.3) is 0 Å². The van der Waals surface area contributed by atoms with Gasteiger partial charge in [-0.2, -0.15) is 8.42 Å². The Bertz CT molecular complexity index is 763. The zero-order chi connectivity index (χ0) is 15.5. The molecule has 0 aliphatic rings. The summed E-state index contributed by atoms with van der Waals surface area (Å²) in [4.78, 5) is 14.5. The summed E-state index contributed by atoms with van der Waals surface area (Å²) in [5.74, 6) is -0.371. The van der Waals surface area contributed by atoms with E-state index in [1.54, 1.807) is 6.07 Å². The molecule has 0 aliphatic carbocycles. The Morgan fingerprint density at radius 2 is 1.76 bits per heavy atom. The second-order valence-corrected chi connectivity index (χ2v) is 5.74. The van der Waals surface area contributed by atoms with Crippen LogP contribution in [0.3, 0.4) is 0 Å². The highest BCUT2D eigenvalue weighted by molar-refractivity contribution is 7.86. The number of halogens is 1. The number of nitrogens with zero attached hydrogens (tertiary/aromatic N) is 1. The number of nitro groups is 1. The Kier molecular flexibility index (Phi) is 4.41. The van der Waals surface area contributed by atoms with Crippen LogP contribution in [0.15, 0.2) is 53.4 Å². The lowest BCUT2D eigenvalue weighted by molar-refractivity contribution is -0.387. The molecule has 110 valence electrons. The molecule has 0 N–H and O–H groups in total. The van der Waals surface area contributed by atoms with Gasteiger partial charge in [0.1, 0.15) is 0 Å². The summed E-state index contributed by atoms with van der Waals surface area (Å²) in [6.07, 6.45) is 0. The molecule has 2 rings (SSSR count). The fourth-order valence-corrected chi connectivity index (χ4v) is 2.31. The van der Waals surface area contributed by atoms with Gasteiger partial charge >= 0.3 is 15.8 Å². The number of hydrogen-bond donors (Lipinski definition) is 0. The lowest BCUT2D eigenvalue weighted by Gasteiger charge is -2.06. The van der Waals surface area contributed by atoms with Gasteiger partial charge in [-0.05, 0) is 24.3 Å². The van der Waals surface area contributed by atoms with E-state index in [2.05, 4.69) is 9.22 Å². The van der Waals surface area contributed by atoms with Gasteiger partial charge in [0.25, 0.3) is 0 Å². The number of benzene rings is 2. The highest BCUT2D eigenvalue weighted by atomic mass is 35.5. The zero-order valence-electron chi connectivity index (χ0n) is 10.3. The first kappa shape index (κ1) is 15.2. The standard InChI is InChI=1S/C12H8ClNO6S/c13-9-6-7-12(11(8-9)14(15)16)19-20-21(17,18)10-4-2-1-3-5-10/h1-8H. The van der Waals surface area contributed by atoms with Crippen LogP contribution in [0.1, 0.15) is 0 Å². The maximum Gasteiger partial charge on any atom is 0.332 e. The maximum absolute atomic E-state index is 11.8. The second-order valence-electron chi connectivity index (χ2n) is 3.79. The Balaban J connectivity index is 2.23. The van der Waals surface area contributed by atoms with Crippen molar-refractivity contribution >= 4 is 27.4 Å². The summed E-state index contributed by atoms with van der Waals surface area (Å²) in [5, 5.41) is 10.9. The van der Waals surface area contributed by atoms with Crippen LogP contribution < -0.4 is 4.89 Å². The van der Waals surface area contributed by atoms with Crippen molar-refractivity contribution in [1.29, 1.82) is 0 Å². The summed E-state index contributed by atoms with van der Waals surface area (Å²) in [6, 6.07) is 10.7. The largest absolute Gasteiger partial charge is 0.332 e. The van der Waals surface area contributed by atoms with Crippen molar-refractivity contribution in [2.24, 2.45) is 0 Å². The molecule has 9 heteroatoms. The molecule has 0 saturated carbocycles. The van der Waals surface area contributed by atoms with Crippen LogP contribution in [-0.2, 0) is 14.5 Å². The van der Waals surface area contributed by atoms with Crippen molar-refractivity contribution in [1.82, 2.24) is 0 Å². The predicted octanol–water partition coefficient (Wildman–Crippen LogP) is 2.95. The first-order valence-electron chi connectivity index (χ1n) is 5.50. The van der Waals surface area contributed by atoms with E-state index in [0.717, 1.165) is 12.1 Å². The molecule has 0 bridgehead atoms. The van der Waals surface area contributed by atoms with Crippen LogP contribution in [-0.4, -0.2) is 13.3 Å². The van der Waals surface area contributed by atoms with Crippen LogP contribution >= 0.6 is 11.6 Å². The van der Waals surface area contributed by atoms with E-state index in [9.17, 15) is 18.5 Å². The maximum atomic E-state index is 11.8. The van der Waals surface area contributed by atoms with E-state index in [1.165, 1.54) is 30.3 Å². The third kappa shape index (κ3) is 3.69. The minimum Gasteiger partial charge on any atom is -0.313 e. The molecule has 0 unspecified atom stereocenters. The Hall–Kier alpha value is -2.16. The molecule has 2 aromatic carbocycles. The smallest absolute Gasteiger partial charge is 0.313 e. The minimum atomic E-state index is -4.19. The minimum absolute atomic E-state index is 0.111. The van der Waals surface area contributed by atoms with Crippen molar-refractivity contribution in [2.45, 2.75) is 4.90 Å². The first-order chi connectivity index (χ1) is 9.90. The van der Waals surface area contributed by atoms with Crippen LogP contribution in [0, 0.1) is 10.1 Å². The average molecular weight is 330 g/mol. The molecule has 21 heavy (non-hydrogen) atoms. The van der Waals surface area contributed by atoms with Gasteiger partial charge in [-0.3, -0.25) is 10.1 Å². The topological polar surface area (TPSA) is 95.7 Å². The second kappa shape index (κ2) is 6.08. The van der Waals surface area contributed by atoms with Gasteiger partial charge in [0.15, 0.2) is 0 Å². The average Bonchev–Trinajstić information content (AvgIpc) is 2.47. The Labute approximate surface area is 124 Å². The quantitative estimate of drug-likeness (QED) is 0.475. The van der Waals surface area contributed by atoms with Gasteiger partial charge in [-0.25, -0.2) is 0 Å². The van der Waals surface area contributed by atoms with Gasteiger partial charge in [0, 0.05) is 11.1 Å². The zero-order valence-corrected chi connectivity index (χ0v) is 11.9. The molecule has 7 nitrogen and oxygen atoms in total. The van der Waals surface area contributed by atoms with E-state index in [0.29, 0.717) is 0 Å². The Morgan fingerprint density at radius 3 is 2.38 bits per heavy atom. The molecule has 0 aromatic heterocycles. The number of rotatable bonds is 5. The van der Waals surface area contributed by atoms with Crippen LogP contribution in [0.2, 0.25) is 5.02 Å². The molecule has 2 aromatic rings. The van der Waals surface area contributed by atoms with E-state index in [-0.39, 0.29) is 15.7 Å². The fourth-order valence-electron chi connectivity index (χ4n) is 1.41. The molecule has 0 saturated heterocycles. The van der Waals surface area contributed by atoms with Gasteiger partial charge < -0.3 is 4.89 Å². The molecular formula is C12H8ClNO6S. The number of hydrogen-bond acceptors (Lipinski definition) is 6. The number of nitro benzene ring substituents is 1. The fraction of sp³-hybridized carbons (Fsp3) is 0. The van der Waals surface area contributed by atoms with Crippen molar-refractivity contribution in [3.8, 4) is 5.75 Å². The van der Waals surface area contributed by atoms with Gasteiger partial charge in [-0.15, -0.1) is 0 Å². The SMILES string of the molecule is O=[N+]([O-])c1cc(Cl)ccc1OOS(=O)(=O)c1ccccc1. The van der Waals surface area contributed by atoms with Crippen LogP contribution in [0.4, 0.5) is 5.69 Å². The third-order valence-electron chi connectivity index (χ3n) is 2.36. The molecule has 0 spiro atoms. The van der Waals surface area contributed by atoms with Crippen molar-refractivity contribution < 1.29 is 22.6 Å². The van der Waals surface area contributed by atoms with Crippen molar-refractivity contribution in [2.75, 3.05) is 0 Å². The molecule has 0 radical (unpaired) electrons. The van der Waals surface area contributed by atoms with Crippen molar-refractivity contribution in [3.05, 3.63) is 63.7 Å². The van der Waals surface area contributed by atoms with Gasteiger partial charge in [-0.1, -0.05) is 34.1 Å². The monoisotopic (exact) mass is 329 g/mol. The van der Waals surface area contributed by atoms with Crippen molar-refractivity contribution in [3.63, 3.8) is 0 Å². The lowest BCUT2D eigenvalue weighted by Crippen LogP contribution is -2.10. The molecule has 0 aliphatic heterocycles. The summed E-state index contributed by atoms with van der Waals surface area (Å²) in [7, 11) is -4.19. The molecule has 0 atom stereocenters. The normalized spacial score (nSPS) is 11.1.